The second kappa shape index (κ2) is 10.4. The van der Waals surface area contributed by atoms with Gasteiger partial charge in [0.1, 0.15) is 11.6 Å². The van der Waals surface area contributed by atoms with Gasteiger partial charge in [0.15, 0.2) is 11.5 Å². The van der Waals surface area contributed by atoms with E-state index < -0.39 is 0 Å². The van der Waals surface area contributed by atoms with E-state index in [-0.39, 0.29) is 0 Å². The van der Waals surface area contributed by atoms with Crippen molar-refractivity contribution in [2.24, 2.45) is 0 Å². The molecule has 7 nitrogen and oxygen atoms in total. The molecular formula is C28H26ClN3O4. The Morgan fingerprint density at radius 1 is 0.889 bits per heavy atom. The second-order valence-corrected chi connectivity index (χ2v) is 8.67. The number of fused-ring (bicyclic) bond motifs is 1. The summed E-state index contributed by atoms with van der Waals surface area (Å²) < 4.78 is 22.1. The summed E-state index contributed by atoms with van der Waals surface area (Å²) in [5.41, 5.74) is 5.32. The van der Waals surface area contributed by atoms with E-state index in [1.807, 2.05) is 36.4 Å². The number of nitrogens with zero attached hydrogens (tertiary/aromatic N) is 2. The number of hydrogen-bond donors (Lipinski definition) is 1. The Bertz CT molecular complexity index is 1450. The van der Waals surface area contributed by atoms with Crippen LogP contribution in [-0.2, 0) is 4.74 Å². The molecule has 36 heavy (non-hydrogen) atoms. The van der Waals surface area contributed by atoms with E-state index in [1.54, 1.807) is 27.4 Å². The van der Waals surface area contributed by atoms with Crippen molar-refractivity contribution in [1.29, 1.82) is 0 Å². The lowest BCUT2D eigenvalue weighted by molar-refractivity contribution is 0.122. The lowest BCUT2D eigenvalue weighted by Crippen LogP contribution is -2.36. The predicted molar refractivity (Wildman–Crippen MR) is 142 cm³/mol. The average Bonchev–Trinajstić information content (AvgIpc) is 3.34. The zero-order chi connectivity index (χ0) is 25.1. The highest BCUT2D eigenvalue weighted by Crippen LogP contribution is 2.40. The molecule has 1 aliphatic heterocycles. The maximum atomic E-state index is 6.03. The smallest absolute Gasteiger partial charge is 0.164 e. The van der Waals surface area contributed by atoms with Crippen molar-refractivity contribution in [3.05, 3.63) is 64.7 Å². The summed E-state index contributed by atoms with van der Waals surface area (Å²) in [4.78, 5) is 10.6. The van der Waals surface area contributed by atoms with E-state index in [1.165, 1.54) is 0 Å². The van der Waals surface area contributed by atoms with Crippen molar-refractivity contribution in [2.45, 2.75) is 0 Å². The van der Waals surface area contributed by atoms with Gasteiger partial charge in [-0.3, -0.25) is 0 Å². The molecule has 0 amide bonds. The summed E-state index contributed by atoms with van der Waals surface area (Å²) in [6.45, 7) is 2.94. The Balaban J connectivity index is 1.62. The quantitative estimate of drug-likeness (QED) is 0.380. The van der Waals surface area contributed by atoms with Crippen LogP contribution in [0, 0.1) is 11.8 Å². The third kappa shape index (κ3) is 4.78. The lowest BCUT2D eigenvalue weighted by atomic mass is 10.1. The van der Waals surface area contributed by atoms with E-state index in [0.717, 1.165) is 46.5 Å². The summed E-state index contributed by atoms with van der Waals surface area (Å²) >= 11 is 6.03. The van der Waals surface area contributed by atoms with E-state index in [2.05, 4.69) is 27.8 Å². The highest BCUT2D eigenvalue weighted by atomic mass is 35.5. The predicted octanol–water partition coefficient (Wildman–Crippen LogP) is 5.15. The maximum Gasteiger partial charge on any atom is 0.164 e. The first-order valence-electron chi connectivity index (χ1n) is 11.5. The van der Waals surface area contributed by atoms with E-state index in [0.29, 0.717) is 41.3 Å². The molecule has 1 fully saturated rings. The minimum atomic E-state index is 0.587. The zero-order valence-electron chi connectivity index (χ0n) is 20.4. The molecule has 0 unspecified atom stereocenters. The summed E-state index contributed by atoms with van der Waals surface area (Å²) in [6.07, 6.45) is 0. The Labute approximate surface area is 214 Å². The fourth-order valence-electron chi connectivity index (χ4n) is 4.23. The fraction of sp³-hybridized carbons (Fsp3) is 0.250. The van der Waals surface area contributed by atoms with Gasteiger partial charge in [-0.05, 0) is 42.5 Å². The minimum Gasteiger partial charge on any atom is -0.496 e. The molecule has 184 valence electrons. The first-order valence-corrected chi connectivity index (χ1v) is 11.9. The largest absolute Gasteiger partial charge is 0.496 e. The molecule has 1 N–H and O–H groups in total. The molecule has 4 aromatic rings. The second-order valence-electron chi connectivity index (χ2n) is 8.24. The number of morpholine rings is 1. The number of hydrogen-bond acceptors (Lipinski definition) is 6. The summed E-state index contributed by atoms with van der Waals surface area (Å²) in [7, 11) is 4.82. The topological polar surface area (TPSA) is 68.8 Å². The van der Waals surface area contributed by atoms with Crippen LogP contribution in [0.2, 0.25) is 5.02 Å². The maximum absolute atomic E-state index is 6.03. The Morgan fingerprint density at radius 3 is 2.28 bits per heavy atom. The normalized spacial score (nSPS) is 13.3. The molecule has 0 bridgehead atoms. The molecule has 0 aliphatic carbocycles. The van der Waals surface area contributed by atoms with Crippen LogP contribution in [-0.4, -0.2) is 57.6 Å². The molecule has 5 rings (SSSR count). The number of halogens is 1. The molecule has 0 radical (unpaired) electrons. The highest BCUT2D eigenvalue weighted by molar-refractivity contribution is 6.30. The summed E-state index contributed by atoms with van der Waals surface area (Å²) in [5, 5.41) is 0.687. The van der Waals surface area contributed by atoms with Crippen molar-refractivity contribution in [3.63, 3.8) is 0 Å². The molecule has 1 saturated heterocycles. The van der Waals surface area contributed by atoms with Crippen molar-refractivity contribution in [3.8, 4) is 40.5 Å². The van der Waals surface area contributed by atoms with Gasteiger partial charge in [-0.2, -0.15) is 0 Å². The number of aromatic nitrogens is 2. The molecule has 1 aromatic heterocycles. The van der Waals surface area contributed by atoms with Gasteiger partial charge < -0.3 is 28.8 Å². The minimum absolute atomic E-state index is 0.587. The zero-order valence-corrected chi connectivity index (χ0v) is 21.1. The number of imidazole rings is 1. The number of methoxy groups -OCH3 is 3. The van der Waals surface area contributed by atoms with Gasteiger partial charge in [0.2, 0.25) is 0 Å². The number of nitrogens with one attached hydrogen (secondary N) is 1. The number of aromatic amines is 1. The SMILES string of the molecule is COc1cc(OC)c(-c2nc3cc(N4CCOCC4)c(C#Cc4ccc(Cl)cc4)cc3[nH]2)cc1OC. The summed E-state index contributed by atoms with van der Waals surface area (Å²) in [6, 6.07) is 15.3. The van der Waals surface area contributed by atoms with Crippen molar-refractivity contribution >= 4 is 28.3 Å². The van der Waals surface area contributed by atoms with Gasteiger partial charge >= 0.3 is 0 Å². The van der Waals surface area contributed by atoms with Crippen molar-refractivity contribution in [2.75, 3.05) is 52.5 Å². The number of ether oxygens (including phenoxy) is 4. The van der Waals surface area contributed by atoms with Crippen LogP contribution in [0.1, 0.15) is 11.1 Å². The van der Waals surface area contributed by atoms with Crippen LogP contribution in [0.3, 0.4) is 0 Å². The van der Waals surface area contributed by atoms with Crippen LogP contribution < -0.4 is 19.1 Å². The molecule has 1 aliphatic rings. The highest BCUT2D eigenvalue weighted by Gasteiger charge is 2.19. The Morgan fingerprint density at radius 2 is 1.58 bits per heavy atom. The van der Waals surface area contributed by atoms with Gasteiger partial charge in [-0.25, -0.2) is 4.98 Å². The van der Waals surface area contributed by atoms with E-state index in [4.69, 9.17) is 35.5 Å². The first-order chi connectivity index (χ1) is 17.6. The molecule has 2 heterocycles. The van der Waals surface area contributed by atoms with Gasteiger partial charge in [0.25, 0.3) is 0 Å². The van der Waals surface area contributed by atoms with E-state index in [9.17, 15) is 0 Å². The van der Waals surface area contributed by atoms with Gasteiger partial charge in [-0.15, -0.1) is 0 Å². The molecule has 8 heteroatoms. The molecule has 0 atom stereocenters. The van der Waals surface area contributed by atoms with Gasteiger partial charge in [-0.1, -0.05) is 23.4 Å². The van der Waals surface area contributed by atoms with Crippen molar-refractivity contribution in [1.82, 2.24) is 9.97 Å². The van der Waals surface area contributed by atoms with Crippen LogP contribution in [0.25, 0.3) is 22.4 Å². The van der Waals surface area contributed by atoms with Crippen LogP contribution in [0.5, 0.6) is 17.2 Å². The lowest BCUT2D eigenvalue weighted by Gasteiger charge is -2.29. The van der Waals surface area contributed by atoms with Crippen LogP contribution in [0.4, 0.5) is 5.69 Å². The standard InChI is InChI=1S/C28H26ClN3O4/c1-33-25-17-27(35-3)26(34-2)15-21(25)28-30-22-14-19(7-4-18-5-8-20(29)9-6-18)24(16-23(22)31-28)32-10-12-36-13-11-32/h5-6,8-9,14-17H,10-13H2,1-3H3,(H,30,31). The first kappa shape index (κ1) is 23.9. The van der Waals surface area contributed by atoms with E-state index >= 15 is 0 Å². The van der Waals surface area contributed by atoms with Crippen LogP contribution >= 0.6 is 11.6 Å². The van der Waals surface area contributed by atoms with Gasteiger partial charge in [0, 0.05) is 29.7 Å². The van der Waals surface area contributed by atoms with Crippen molar-refractivity contribution < 1.29 is 18.9 Å². The van der Waals surface area contributed by atoms with Gasteiger partial charge in [0.05, 0.1) is 62.4 Å². The Hall–Kier alpha value is -3.86. The number of anilines is 1. The number of benzene rings is 3. The number of rotatable bonds is 5. The third-order valence-corrected chi connectivity index (χ3v) is 6.35. The summed E-state index contributed by atoms with van der Waals surface area (Å²) in [5.74, 6) is 9.10. The molecule has 3 aromatic carbocycles. The fourth-order valence-corrected chi connectivity index (χ4v) is 4.35. The number of H-pyrrole nitrogens is 1. The third-order valence-electron chi connectivity index (χ3n) is 6.10. The van der Waals surface area contributed by atoms with Crippen LogP contribution in [0.15, 0.2) is 48.5 Å². The molecular weight excluding hydrogens is 478 g/mol. The molecule has 0 spiro atoms. The Kier molecular flexibility index (Phi) is 6.90. The monoisotopic (exact) mass is 503 g/mol. The average molecular weight is 504 g/mol. The molecule has 0 saturated carbocycles.